The molecule has 0 fully saturated rings. The van der Waals surface area contributed by atoms with Crippen LogP contribution < -0.4 is 5.73 Å². The van der Waals surface area contributed by atoms with Crippen molar-refractivity contribution in [2.45, 2.75) is 0 Å². The van der Waals surface area contributed by atoms with E-state index in [0.717, 1.165) is 27.2 Å². The van der Waals surface area contributed by atoms with Crippen LogP contribution in [0.15, 0.2) is 36.5 Å². The lowest BCUT2D eigenvalue weighted by Crippen LogP contribution is -1.94. The Labute approximate surface area is 98.3 Å². The van der Waals surface area contributed by atoms with E-state index in [0.29, 0.717) is 0 Å². The van der Waals surface area contributed by atoms with Crippen molar-refractivity contribution in [1.29, 1.82) is 0 Å². The third kappa shape index (κ3) is 1.47. The highest BCUT2D eigenvalue weighted by molar-refractivity contribution is 6.06. The largest absolute Gasteiger partial charge is 0.368 e. The van der Waals surface area contributed by atoms with Crippen molar-refractivity contribution in [1.82, 2.24) is 9.97 Å². The number of hydrogen-bond donors (Lipinski definition) is 1. The van der Waals surface area contributed by atoms with E-state index in [1.54, 1.807) is 6.20 Å². The van der Waals surface area contributed by atoms with Crippen molar-refractivity contribution in [3.8, 4) is 12.3 Å². The molecule has 2 N–H and O–H groups in total. The maximum atomic E-state index is 5.57. The first-order valence-electron chi connectivity index (χ1n) is 5.19. The Hall–Kier alpha value is -2.60. The predicted octanol–water partition coefficient (Wildman–Crippen LogP) is 2.35. The number of nitrogen functional groups attached to an aromatic ring is 1. The number of hydrogen-bond acceptors (Lipinski definition) is 3. The summed E-state index contributed by atoms with van der Waals surface area (Å²) >= 11 is 0. The molecule has 0 spiro atoms. The van der Waals surface area contributed by atoms with E-state index < -0.39 is 0 Å². The number of rotatable bonds is 0. The molecule has 3 rings (SSSR count). The average molecular weight is 219 g/mol. The van der Waals surface area contributed by atoms with Gasteiger partial charge in [0.25, 0.3) is 0 Å². The zero-order valence-electron chi connectivity index (χ0n) is 9.01. The first kappa shape index (κ1) is 9.61. The molecule has 17 heavy (non-hydrogen) atoms. The second-order valence-corrected chi connectivity index (χ2v) is 3.81. The molecule has 0 amide bonds. The molecule has 0 aliphatic carbocycles. The van der Waals surface area contributed by atoms with Crippen molar-refractivity contribution in [2.24, 2.45) is 0 Å². The van der Waals surface area contributed by atoms with Crippen LogP contribution in [0.5, 0.6) is 0 Å². The minimum absolute atomic E-state index is 0.282. The smallest absolute Gasteiger partial charge is 0.220 e. The molecular formula is C14H9N3. The summed E-state index contributed by atoms with van der Waals surface area (Å²) in [4.78, 5) is 8.22. The van der Waals surface area contributed by atoms with Gasteiger partial charge in [-0.15, -0.1) is 6.42 Å². The normalized spacial score (nSPS) is 10.5. The molecule has 1 aromatic heterocycles. The van der Waals surface area contributed by atoms with Crippen LogP contribution in [0.4, 0.5) is 5.95 Å². The fraction of sp³-hybridized carbons (Fsp3) is 0. The maximum Gasteiger partial charge on any atom is 0.220 e. The summed E-state index contributed by atoms with van der Waals surface area (Å²) in [7, 11) is 0. The lowest BCUT2D eigenvalue weighted by molar-refractivity contribution is 1.24. The van der Waals surface area contributed by atoms with Gasteiger partial charge in [0.15, 0.2) is 0 Å². The van der Waals surface area contributed by atoms with E-state index >= 15 is 0 Å². The Morgan fingerprint density at radius 3 is 2.76 bits per heavy atom. The van der Waals surface area contributed by atoms with Crippen LogP contribution in [-0.4, -0.2) is 9.97 Å². The Morgan fingerprint density at radius 1 is 1.12 bits per heavy atom. The summed E-state index contributed by atoms with van der Waals surface area (Å²) in [5, 5.41) is 3.14. The maximum absolute atomic E-state index is 5.57. The average Bonchev–Trinajstić information content (AvgIpc) is 2.37. The molecule has 2 aromatic carbocycles. The van der Waals surface area contributed by atoms with E-state index in [4.69, 9.17) is 12.2 Å². The van der Waals surface area contributed by atoms with E-state index in [1.807, 2.05) is 30.3 Å². The molecule has 0 unspecified atom stereocenters. The first-order valence-corrected chi connectivity index (χ1v) is 5.19. The van der Waals surface area contributed by atoms with Gasteiger partial charge in [-0.3, -0.25) is 0 Å². The lowest BCUT2D eigenvalue weighted by Gasteiger charge is -2.04. The van der Waals surface area contributed by atoms with Gasteiger partial charge in [0.2, 0.25) is 5.95 Å². The van der Waals surface area contributed by atoms with Gasteiger partial charge >= 0.3 is 0 Å². The van der Waals surface area contributed by atoms with Gasteiger partial charge in [-0.1, -0.05) is 18.1 Å². The predicted molar refractivity (Wildman–Crippen MR) is 69.4 cm³/mol. The summed E-state index contributed by atoms with van der Waals surface area (Å²) < 4.78 is 0. The van der Waals surface area contributed by atoms with Crippen molar-refractivity contribution < 1.29 is 0 Å². The third-order valence-electron chi connectivity index (χ3n) is 2.77. The van der Waals surface area contributed by atoms with Crippen molar-refractivity contribution in [3.63, 3.8) is 0 Å². The molecule has 1 heterocycles. The summed E-state index contributed by atoms with van der Waals surface area (Å²) in [5.74, 6) is 2.91. The quantitative estimate of drug-likeness (QED) is 0.466. The molecule has 3 nitrogen and oxygen atoms in total. The highest BCUT2D eigenvalue weighted by Gasteiger charge is 2.03. The van der Waals surface area contributed by atoms with Crippen LogP contribution in [0.25, 0.3) is 21.7 Å². The van der Waals surface area contributed by atoms with Gasteiger partial charge in [0.05, 0.1) is 5.52 Å². The lowest BCUT2D eigenvalue weighted by atomic mass is 10.0. The fourth-order valence-electron chi connectivity index (χ4n) is 1.94. The Morgan fingerprint density at radius 2 is 1.94 bits per heavy atom. The summed E-state index contributed by atoms with van der Waals surface area (Å²) in [6.07, 6.45) is 7.14. The molecular weight excluding hydrogens is 210 g/mol. The van der Waals surface area contributed by atoms with Crippen molar-refractivity contribution >= 4 is 27.6 Å². The van der Waals surface area contributed by atoms with Gasteiger partial charge < -0.3 is 5.73 Å². The summed E-state index contributed by atoms with van der Waals surface area (Å²) in [6, 6.07) is 9.83. The van der Waals surface area contributed by atoms with Crippen LogP contribution in [0.3, 0.4) is 0 Å². The van der Waals surface area contributed by atoms with Gasteiger partial charge in [0.1, 0.15) is 0 Å². The molecule has 0 aliphatic rings. The molecule has 3 heteroatoms. The second kappa shape index (κ2) is 3.46. The summed E-state index contributed by atoms with van der Waals surface area (Å²) in [6.45, 7) is 0. The Bertz CT molecular complexity index is 769. The standard InChI is InChI=1S/C14H9N3/c1-2-9-3-4-10-5-6-13-12(11(10)7-9)8-16-14(15)17-13/h1,3-8H,(H2,15,16,17). The Kier molecular flexibility index (Phi) is 1.96. The fourth-order valence-corrected chi connectivity index (χ4v) is 1.94. The monoisotopic (exact) mass is 219 g/mol. The SMILES string of the molecule is C#Cc1ccc2ccc3nc(N)ncc3c2c1. The number of nitrogens with zero attached hydrogens (tertiary/aromatic N) is 2. The van der Waals surface area contributed by atoms with Crippen molar-refractivity contribution in [2.75, 3.05) is 5.73 Å². The van der Waals surface area contributed by atoms with E-state index in [1.165, 1.54) is 0 Å². The van der Waals surface area contributed by atoms with E-state index in [9.17, 15) is 0 Å². The van der Waals surface area contributed by atoms with Crippen LogP contribution >= 0.6 is 0 Å². The number of nitrogens with two attached hydrogens (primary N) is 1. The minimum Gasteiger partial charge on any atom is -0.368 e. The number of fused-ring (bicyclic) bond motifs is 3. The zero-order valence-corrected chi connectivity index (χ0v) is 9.01. The summed E-state index contributed by atoms with van der Waals surface area (Å²) in [5.41, 5.74) is 7.25. The van der Waals surface area contributed by atoms with E-state index in [-0.39, 0.29) is 5.95 Å². The Balaban J connectivity index is 2.49. The van der Waals surface area contributed by atoms with E-state index in [2.05, 4.69) is 15.9 Å². The van der Waals surface area contributed by atoms with Gasteiger partial charge in [-0.25, -0.2) is 9.97 Å². The minimum atomic E-state index is 0.282. The topological polar surface area (TPSA) is 51.8 Å². The highest BCUT2D eigenvalue weighted by atomic mass is 15.0. The van der Waals surface area contributed by atoms with Gasteiger partial charge in [-0.2, -0.15) is 0 Å². The molecule has 0 atom stereocenters. The third-order valence-corrected chi connectivity index (χ3v) is 2.77. The van der Waals surface area contributed by atoms with Crippen LogP contribution in [0.1, 0.15) is 5.56 Å². The zero-order chi connectivity index (χ0) is 11.8. The van der Waals surface area contributed by atoms with Crippen LogP contribution in [-0.2, 0) is 0 Å². The van der Waals surface area contributed by atoms with Crippen LogP contribution in [0, 0.1) is 12.3 Å². The molecule has 0 saturated carbocycles. The molecule has 0 radical (unpaired) electrons. The number of aromatic nitrogens is 2. The van der Waals surface area contributed by atoms with Crippen LogP contribution in [0.2, 0.25) is 0 Å². The second-order valence-electron chi connectivity index (χ2n) is 3.81. The highest BCUT2D eigenvalue weighted by Crippen LogP contribution is 2.24. The molecule has 0 aliphatic heterocycles. The van der Waals surface area contributed by atoms with Gasteiger partial charge in [0, 0.05) is 17.1 Å². The molecule has 3 aromatic rings. The number of terminal acetylenes is 1. The molecule has 0 saturated heterocycles. The molecule has 80 valence electrons. The first-order chi connectivity index (χ1) is 8.28. The number of benzene rings is 2. The van der Waals surface area contributed by atoms with Gasteiger partial charge in [-0.05, 0) is 29.0 Å². The molecule has 0 bridgehead atoms. The van der Waals surface area contributed by atoms with Crippen molar-refractivity contribution in [3.05, 3.63) is 42.1 Å². The number of anilines is 1.